The van der Waals surface area contributed by atoms with Crippen molar-refractivity contribution in [3.8, 4) is 0 Å². The fourth-order valence-corrected chi connectivity index (χ4v) is 2.96. The van der Waals surface area contributed by atoms with E-state index in [1.807, 2.05) is 7.11 Å². The third-order valence-electron chi connectivity index (χ3n) is 4.29. The van der Waals surface area contributed by atoms with Gasteiger partial charge in [-0.15, -0.1) is 0 Å². The van der Waals surface area contributed by atoms with Crippen LogP contribution in [0.15, 0.2) is 30.3 Å². The summed E-state index contributed by atoms with van der Waals surface area (Å²) in [7, 11) is 1.81. The van der Waals surface area contributed by atoms with Crippen LogP contribution in [0.5, 0.6) is 0 Å². The topological polar surface area (TPSA) is 38.5 Å². The summed E-state index contributed by atoms with van der Waals surface area (Å²) in [6, 6.07) is 10.6. The largest absolute Gasteiger partial charge is 0.380 e. The zero-order valence-corrected chi connectivity index (χ0v) is 12.1. The molecule has 1 fully saturated rings. The van der Waals surface area contributed by atoms with Crippen molar-refractivity contribution in [1.29, 1.82) is 0 Å². The first-order valence-corrected chi connectivity index (χ1v) is 7.19. The van der Waals surface area contributed by atoms with Gasteiger partial charge in [-0.1, -0.05) is 37.3 Å². The van der Waals surface area contributed by atoms with E-state index in [2.05, 4.69) is 42.2 Å². The van der Waals surface area contributed by atoms with Gasteiger partial charge in [0.2, 0.25) is 0 Å². The van der Waals surface area contributed by atoms with Gasteiger partial charge < -0.3 is 10.5 Å². The maximum absolute atomic E-state index is 6.07. The summed E-state index contributed by atoms with van der Waals surface area (Å²) in [5.41, 5.74) is 7.42. The second-order valence-electron chi connectivity index (χ2n) is 5.87. The van der Waals surface area contributed by atoms with Crippen molar-refractivity contribution in [2.75, 3.05) is 33.3 Å². The number of piperidine rings is 1. The van der Waals surface area contributed by atoms with Crippen molar-refractivity contribution in [3.63, 3.8) is 0 Å². The molecule has 2 atom stereocenters. The minimum Gasteiger partial charge on any atom is -0.380 e. The molecule has 1 aromatic rings. The molecule has 1 aliphatic rings. The van der Waals surface area contributed by atoms with E-state index in [1.165, 1.54) is 18.4 Å². The minimum absolute atomic E-state index is 0.0247. The van der Waals surface area contributed by atoms with Crippen molar-refractivity contribution < 1.29 is 4.74 Å². The molecule has 0 saturated carbocycles. The fourth-order valence-electron chi connectivity index (χ4n) is 2.96. The Morgan fingerprint density at radius 3 is 2.74 bits per heavy atom. The highest BCUT2D eigenvalue weighted by molar-refractivity contribution is 5.25. The standard InChI is InChI=1S/C16H26N2O/c1-16(12-17,14-7-4-3-5-8-14)13-18-10-6-9-15(11-18)19-2/h3-5,7-8,15H,6,9-13,17H2,1-2H3. The average Bonchev–Trinajstić information content (AvgIpc) is 2.48. The molecule has 1 heterocycles. The Labute approximate surface area is 116 Å². The molecule has 1 aliphatic heterocycles. The second kappa shape index (κ2) is 6.51. The molecule has 0 aromatic heterocycles. The summed E-state index contributed by atoms with van der Waals surface area (Å²) in [5.74, 6) is 0. The van der Waals surface area contributed by atoms with Gasteiger partial charge in [-0.25, -0.2) is 0 Å². The van der Waals surface area contributed by atoms with E-state index in [1.54, 1.807) is 0 Å². The normalized spacial score (nSPS) is 24.1. The van der Waals surface area contributed by atoms with Crippen molar-refractivity contribution in [2.45, 2.75) is 31.3 Å². The zero-order chi connectivity index (χ0) is 13.7. The number of nitrogens with zero attached hydrogens (tertiary/aromatic N) is 1. The van der Waals surface area contributed by atoms with E-state index < -0.39 is 0 Å². The van der Waals surface area contributed by atoms with Crippen molar-refractivity contribution in [2.24, 2.45) is 5.73 Å². The van der Waals surface area contributed by atoms with E-state index in [0.29, 0.717) is 12.6 Å². The maximum atomic E-state index is 6.07. The Bertz CT molecular complexity index is 382. The maximum Gasteiger partial charge on any atom is 0.0698 e. The lowest BCUT2D eigenvalue weighted by atomic mass is 9.81. The van der Waals surface area contributed by atoms with Crippen LogP contribution in [-0.4, -0.2) is 44.3 Å². The predicted octanol–water partition coefficient (Wildman–Crippen LogP) is 2.01. The lowest BCUT2D eigenvalue weighted by molar-refractivity contribution is 0.0244. The van der Waals surface area contributed by atoms with Crippen LogP contribution in [0.4, 0.5) is 0 Å². The van der Waals surface area contributed by atoms with E-state index in [0.717, 1.165) is 19.6 Å². The van der Waals surface area contributed by atoms with Gasteiger partial charge in [-0.3, -0.25) is 4.90 Å². The molecular formula is C16H26N2O. The summed E-state index contributed by atoms with van der Waals surface area (Å²) in [5, 5.41) is 0. The number of hydrogen-bond donors (Lipinski definition) is 1. The van der Waals surface area contributed by atoms with Gasteiger partial charge in [0.25, 0.3) is 0 Å². The van der Waals surface area contributed by atoms with Crippen LogP contribution in [0, 0.1) is 0 Å². The molecule has 0 spiro atoms. The van der Waals surface area contributed by atoms with E-state index in [4.69, 9.17) is 10.5 Å². The van der Waals surface area contributed by atoms with Crippen molar-refractivity contribution >= 4 is 0 Å². The van der Waals surface area contributed by atoms with Crippen LogP contribution in [-0.2, 0) is 10.2 Å². The molecule has 106 valence electrons. The van der Waals surface area contributed by atoms with Crippen LogP contribution in [0.25, 0.3) is 0 Å². The number of benzene rings is 1. The first-order chi connectivity index (χ1) is 9.18. The van der Waals surface area contributed by atoms with Crippen molar-refractivity contribution in [1.82, 2.24) is 4.90 Å². The summed E-state index contributed by atoms with van der Waals surface area (Å²) >= 11 is 0. The molecule has 2 unspecified atom stereocenters. The van der Waals surface area contributed by atoms with Crippen molar-refractivity contribution in [3.05, 3.63) is 35.9 Å². The second-order valence-corrected chi connectivity index (χ2v) is 5.87. The Morgan fingerprint density at radius 2 is 2.11 bits per heavy atom. The molecular weight excluding hydrogens is 236 g/mol. The number of ether oxygens (including phenoxy) is 1. The first kappa shape index (κ1) is 14.5. The van der Waals surface area contributed by atoms with Gasteiger partial charge in [-0.05, 0) is 24.9 Å². The summed E-state index contributed by atoms with van der Waals surface area (Å²) in [6.07, 6.45) is 2.78. The first-order valence-electron chi connectivity index (χ1n) is 7.19. The van der Waals surface area contributed by atoms with Crippen LogP contribution in [0.3, 0.4) is 0 Å². The Hall–Kier alpha value is -0.900. The minimum atomic E-state index is 0.0247. The Kier molecular flexibility index (Phi) is 4.97. The molecule has 0 radical (unpaired) electrons. The number of rotatable bonds is 5. The quantitative estimate of drug-likeness (QED) is 0.882. The van der Waals surface area contributed by atoms with Gasteiger partial charge in [-0.2, -0.15) is 0 Å². The number of hydrogen-bond acceptors (Lipinski definition) is 3. The highest BCUT2D eigenvalue weighted by atomic mass is 16.5. The van der Waals surface area contributed by atoms with Gasteiger partial charge in [0.15, 0.2) is 0 Å². The summed E-state index contributed by atoms with van der Waals surface area (Å²) in [6.45, 7) is 6.12. The zero-order valence-electron chi connectivity index (χ0n) is 12.1. The van der Waals surface area contributed by atoms with Crippen LogP contribution >= 0.6 is 0 Å². The van der Waals surface area contributed by atoms with Crippen LogP contribution in [0.2, 0.25) is 0 Å². The number of likely N-dealkylation sites (tertiary alicyclic amines) is 1. The Morgan fingerprint density at radius 1 is 1.37 bits per heavy atom. The van der Waals surface area contributed by atoms with E-state index in [9.17, 15) is 0 Å². The molecule has 2 rings (SSSR count). The van der Waals surface area contributed by atoms with Gasteiger partial charge in [0.1, 0.15) is 0 Å². The van der Waals surface area contributed by atoms with Gasteiger partial charge in [0, 0.05) is 32.2 Å². The lowest BCUT2D eigenvalue weighted by Gasteiger charge is -2.39. The molecule has 3 nitrogen and oxygen atoms in total. The molecule has 19 heavy (non-hydrogen) atoms. The van der Waals surface area contributed by atoms with E-state index >= 15 is 0 Å². The Balaban J connectivity index is 2.06. The van der Waals surface area contributed by atoms with Crippen LogP contribution in [0.1, 0.15) is 25.3 Å². The number of methoxy groups -OCH3 is 1. The third-order valence-corrected chi connectivity index (χ3v) is 4.29. The monoisotopic (exact) mass is 262 g/mol. The SMILES string of the molecule is COC1CCCN(CC(C)(CN)c2ccccc2)C1. The highest BCUT2D eigenvalue weighted by Gasteiger charge is 2.30. The molecule has 0 aliphatic carbocycles. The molecule has 3 heteroatoms. The van der Waals surface area contributed by atoms with E-state index in [-0.39, 0.29) is 5.41 Å². The van der Waals surface area contributed by atoms with Crippen LogP contribution < -0.4 is 5.73 Å². The third kappa shape index (κ3) is 3.56. The lowest BCUT2D eigenvalue weighted by Crippen LogP contribution is -2.48. The van der Waals surface area contributed by atoms with Gasteiger partial charge >= 0.3 is 0 Å². The van der Waals surface area contributed by atoms with Gasteiger partial charge in [0.05, 0.1) is 6.10 Å². The predicted molar refractivity (Wildman–Crippen MR) is 79.3 cm³/mol. The summed E-state index contributed by atoms with van der Waals surface area (Å²) in [4.78, 5) is 2.50. The highest BCUT2D eigenvalue weighted by Crippen LogP contribution is 2.25. The summed E-state index contributed by atoms with van der Waals surface area (Å²) < 4.78 is 5.50. The number of nitrogens with two attached hydrogens (primary N) is 1. The molecule has 1 saturated heterocycles. The molecule has 0 bridgehead atoms. The molecule has 1 aromatic carbocycles. The fraction of sp³-hybridized carbons (Fsp3) is 0.625. The molecule has 2 N–H and O–H groups in total. The molecule has 0 amide bonds. The average molecular weight is 262 g/mol. The smallest absolute Gasteiger partial charge is 0.0698 e.